The molecule has 2 heterocycles. The molecule has 0 saturated heterocycles. The number of amides is 1. The number of carbonyl (C=O) groups excluding carboxylic acids is 1. The van der Waals surface area contributed by atoms with Crippen LogP contribution in [0.5, 0.6) is 0 Å². The molecule has 0 atom stereocenters. The molecule has 7 nitrogen and oxygen atoms in total. The van der Waals surface area contributed by atoms with Gasteiger partial charge in [-0.05, 0) is 55.8 Å². The van der Waals surface area contributed by atoms with Crippen molar-refractivity contribution in [3.8, 4) is 5.69 Å². The van der Waals surface area contributed by atoms with E-state index in [0.29, 0.717) is 22.8 Å². The first kappa shape index (κ1) is 17.6. The second-order valence-electron chi connectivity index (χ2n) is 6.28. The molecule has 2 aromatic heterocycles. The number of halogens is 1. The van der Waals surface area contributed by atoms with Gasteiger partial charge in [0.1, 0.15) is 17.2 Å². The molecular weight excluding hydrogens is 363 g/mol. The van der Waals surface area contributed by atoms with Crippen molar-refractivity contribution in [1.82, 2.24) is 14.8 Å². The fourth-order valence-electron chi connectivity index (χ4n) is 2.90. The summed E-state index contributed by atoms with van der Waals surface area (Å²) in [5.74, 6) is -0.430. The summed E-state index contributed by atoms with van der Waals surface area (Å²) in [6, 6.07) is 12.2. The van der Waals surface area contributed by atoms with Crippen molar-refractivity contribution >= 4 is 22.6 Å². The van der Waals surface area contributed by atoms with Gasteiger partial charge in [-0.25, -0.2) is 18.9 Å². The molecular formula is C20H15FN4O3. The molecule has 0 aliphatic rings. The standard InChI is InChI=1S/C20H15FN4O3/c1-11-9-18(26)28-17-10-14(5-8-16(11)17)23-20(27)19-22-12(2)25(24-19)15-6-3-13(21)4-7-15/h3-10H,1-2H3,(H,23,27). The summed E-state index contributed by atoms with van der Waals surface area (Å²) in [5.41, 5.74) is 1.75. The smallest absolute Gasteiger partial charge is 0.336 e. The maximum Gasteiger partial charge on any atom is 0.336 e. The van der Waals surface area contributed by atoms with Crippen LogP contribution in [0, 0.1) is 19.7 Å². The van der Waals surface area contributed by atoms with Crippen LogP contribution in [0.25, 0.3) is 16.7 Å². The van der Waals surface area contributed by atoms with Gasteiger partial charge in [-0.1, -0.05) is 0 Å². The van der Waals surface area contributed by atoms with Crippen molar-refractivity contribution in [2.24, 2.45) is 0 Å². The summed E-state index contributed by atoms with van der Waals surface area (Å²) in [5, 5.41) is 7.67. The van der Waals surface area contributed by atoms with Gasteiger partial charge in [0.2, 0.25) is 5.82 Å². The van der Waals surface area contributed by atoms with E-state index >= 15 is 0 Å². The number of nitrogens with one attached hydrogen (secondary N) is 1. The Bertz CT molecular complexity index is 1260. The molecule has 0 fully saturated rings. The van der Waals surface area contributed by atoms with Crippen LogP contribution >= 0.6 is 0 Å². The van der Waals surface area contributed by atoms with Gasteiger partial charge in [0, 0.05) is 23.2 Å². The average molecular weight is 378 g/mol. The van der Waals surface area contributed by atoms with Gasteiger partial charge in [-0.15, -0.1) is 5.10 Å². The predicted molar refractivity (Wildman–Crippen MR) is 101 cm³/mol. The highest BCUT2D eigenvalue weighted by atomic mass is 19.1. The van der Waals surface area contributed by atoms with E-state index in [1.807, 2.05) is 6.92 Å². The lowest BCUT2D eigenvalue weighted by Gasteiger charge is -2.05. The molecule has 0 aliphatic carbocycles. The summed E-state index contributed by atoms with van der Waals surface area (Å²) in [4.78, 5) is 28.3. The number of anilines is 1. The Morgan fingerprint density at radius 2 is 1.86 bits per heavy atom. The minimum Gasteiger partial charge on any atom is -0.423 e. The highest BCUT2D eigenvalue weighted by Gasteiger charge is 2.16. The van der Waals surface area contributed by atoms with Crippen molar-refractivity contribution in [2.45, 2.75) is 13.8 Å². The molecule has 0 saturated carbocycles. The van der Waals surface area contributed by atoms with E-state index in [1.54, 1.807) is 37.3 Å². The van der Waals surface area contributed by atoms with Crippen LogP contribution in [0.4, 0.5) is 10.1 Å². The fraction of sp³-hybridized carbons (Fsp3) is 0.100. The van der Waals surface area contributed by atoms with E-state index in [4.69, 9.17) is 4.42 Å². The molecule has 140 valence electrons. The van der Waals surface area contributed by atoms with Gasteiger partial charge in [0.25, 0.3) is 5.91 Å². The molecule has 4 aromatic rings. The summed E-state index contributed by atoms with van der Waals surface area (Å²) >= 11 is 0. The number of aromatic nitrogens is 3. The second kappa shape index (κ2) is 6.73. The third-order valence-electron chi connectivity index (χ3n) is 4.25. The first-order valence-electron chi connectivity index (χ1n) is 8.46. The number of benzene rings is 2. The van der Waals surface area contributed by atoms with Crippen LogP contribution in [0.2, 0.25) is 0 Å². The molecule has 28 heavy (non-hydrogen) atoms. The average Bonchev–Trinajstić information content (AvgIpc) is 3.04. The number of rotatable bonds is 3. The summed E-state index contributed by atoms with van der Waals surface area (Å²) in [6.45, 7) is 3.51. The lowest BCUT2D eigenvalue weighted by atomic mass is 10.1. The number of hydrogen-bond acceptors (Lipinski definition) is 5. The molecule has 0 aliphatic heterocycles. The second-order valence-corrected chi connectivity index (χ2v) is 6.28. The zero-order valence-corrected chi connectivity index (χ0v) is 15.1. The number of nitrogens with zero attached hydrogens (tertiary/aromatic N) is 3. The van der Waals surface area contributed by atoms with Crippen molar-refractivity contribution in [2.75, 3.05) is 5.32 Å². The molecule has 0 unspecified atom stereocenters. The van der Waals surface area contributed by atoms with Gasteiger partial charge in [0.15, 0.2) is 0 Å². The highest BCUT2D eigenvalue weighted by molar-refractivity contribution is 6.02. The van der Waals surface area contributed by atoms with E-state index in [-0.39, 0.29) is 11.6 Å². The first-order chi connectivity index (χ1) is 13.4. The van der Waals surface area contributed by atoms with Gasteiger partial charge < -0.3 is 9.73 Å². The van der Waals surface area contributed by atoms with E-state index in [2.05, 4.69) is 15.4 Å². The molecule has 2 aromatic carbocycles. The Labute approximate surface area is 158 Å². The quantitative estimate of drug-likeness (QED) is 0.552. The Balaban J connectivity index is 1.62. The van der Waals surface area contributed by atoms with Crippen LogP contribution in [0.3, 0.4) is 0 Å². The van der Waals surface area contributed by atoms with Gasteiger partial charge in [-0.3, -0.25) is 4.79 Å². The van der Waals surface area contributed by atoms with Crippen LogP contribution < -0.4 is 10.9 Å². The third kappa shape index (κ3) is 3.27. The Morgan fingerprint density at radius 1 is 1.11 bits per heavy atom. The lowest BCUT2D eigenvalue weighted by molar-refractivity contribution is 0.101. The minimum atomic E-state index is -0.515. The molecule has 0 bridgehead atoms. The van der Waals surface area contributed by atoms with E-state index in [9.17, 15) is 14.0 Å². The van der Waals surface area contributed by atoms with E-state index in [0.717, 1.165) is 10.9 Å². The number of aryl methyl sites for hydroxylation is 2. The van der Waals surface area contributed by atoms with Gasteiger partial charge in [0.05, 0.1) is 5.69 Å². The number of fused-ring (bicyclic) bond motifs is 1. The highest BCUT2D eigenvalue weighted by Crippen LogP contribution is 2.21. The third-order valence-corrected chi connectivity index (χ3v) is 4.25. The lowest BCUT2D eigenvalue weighted by Crippen LogP contribution is -2.14. The van der Waals surface area contributed by atoms with Crippen LogP contribution in [0.15, 0.2) is 57.7 Å². The molecule has 1 N–H and O–H groups in total. The topological polar surface area (TPSA) is 90.0 Å². The van der Waals surface area contributed by atoms with Crippen molar-refractivity contribution in [1.29, 1.82) is 0 Å². The van der Waals surface area contributed by atoms with Crippen molar-refractivity contribution < 1.29 is 13.6 Å². The maximum atomic E-state index is 13.1. The van der Waals surface area contributed by atoms with Crippen LogP contribution in [-0.2, 0) is 0 Å². The Morgan fingerprint density at radius 3 is 2.61 bits per heavy atom. The normalized spacial score (nSPS) is 11.0. The predicted octanol–water partition coefficient (Wildman–Crippen LogP) is 3.38. The zero-order valence-electron chi connectivity index (χ0n) is 15.1. The summed E-state index contributed by atoms with van der Waals surface area (Å²) in [7, 11) is 0. The fourth-order valence-corrected chi connectivity index (χ4v) is 2.90. The van der Waals surface area contributed by atoms with Gasteiger partial charge >= 0.3 is 5.63 Å². The monoisotopic (exact) mass is 378 g/mol. The molecule has 0 radical (unpaired) electrons. The molecule has 1 amide bonds. The van der Waals surface area contributed by atoms with Gasteiger partial charge in [-0.2, -0.15) is 0 Å². The maximum absolute atomic E-state index is 13.1. The molecule has 4 rings (SSSR count). The van der Waals surface area contributed by atoms with Crippen molar-refractivity contribution in [3.63, 3.8) is 0 Å². The molecule has 8 heteroatoms. The Kier molecular flexibility index (Phi) is 4.23. The van der Waals surface area contributed by atoms with Crippen LogP contribution in [0.1, 0.15) is 22.0 Å². The van der Waals surface area contributed by atoms with E-state index < -0.39 is 11.5 Å². The zero-order chi connectivity index (χ0) is 19.8. The summed E-state index contributed by atoms with van der Waals surface area (Å²) < 4.78 is 19.7. The summed E-state index contributed by atoms with van der Waals surface area (Å²) in [6.07, 6.45) is 0. The van der Waals surface area contributed by atoms with Crippen molar-refractivity contribution in [3.05, 3.63) is 82.0 Å². The SMILES string of the molecule is Cc1cc(=O)oc2cc(NC(=O)c3nc(C)n(-c4ccc(F)cc4)n3)ccc12. The Hall–Kier alpha value is -3.81. The van der Waals surface area contributed by atoms with E-state index in [1.165, 1.54) is 22.9 Å². The number of carbonyl (C=O) groups is 1. The minimum absolute atomic E-state index is 0.0346. The number of hydrogen-bond donors (Lipinski definition) is 1. The molecule has 0 spiro atoms. The first-order valence-corrected chi connectivity index (χ1v) is 8.46. The largest absolute Gasteiger partial charge is 0.423 e. The van der Waals surface area contributed by atoms with Crippen LogP contribution in [-0.4, -0.2) is 20.7 Å².